The Kier molecular flexibility index (Phi) is 7.38. The summed E-state index contributed by atoms with van der Waals surface area (Å²) in [5.41, 5.74) is 0.364. The second-order valence-electron chi connectivity index (χ2n) is 10.7. The largest absolute Gasteiger partial charge is 0.454 e. The lowest BCUT2D eigenvalue weighted by Gasteiger charge is -2.42. The van der Waals surface area contributed by atoms with Crippen molar-refractivity contribution >= 4 is 17.8 Å². The van der Waals surface area contributed by atoms with Gasteiger partial charge in [0, 0.05) is 43.8 Å². The number of aromatic nitrogens is 4. The van der Waals surface area contributed by atoms with Crippen LogP contribution in [-0.4, -0.2) is 81.5 Å². The minimum Gasteiger partial charge on any atom is -0.454 e. The highest BCUT2D eigenvalue weighted by Gasteiger charge is 2.36. The maximum atomic E-state index is 13.5. The van der Waals surface area contributed by atoms with Crippen LogP contribution in [0.1, 0.15) is 32.8 Å². The monoisotopic (exact) mass is 536 g/mol. The summed E-state index contributed by atoms with van der Waals surface area (Å²) in [5, 5.41) is 0. The number of carbonyl (C=O) groups excluding carboxylic acids is 2. The molecule has 1 aromatic carbocycles. The zero-order valence-electron chi connectivity index (χ0n) is 22.7. The van der Waals surface area contributed by atoms with Crippen molar-refractivity contribution in [3.05, 3.63) is 54.7 Å². The number of fused-ring (bicyclic) bond motifs is 1. The number of hydrogen-bond acceptors (Lipinski definition) is 9. The maximum absolute atomic E-state index is 13.5. The maximum Gasteiger partial charge on any atom is 0.410 e. The molecule has 1 fully saturated rings. The van der Waals surface area contributed by atoms with Crippen LogP contribution in [0.15, 0.2) is 49.2 Å². The molecule has 1 N–H and O–H groups in total. The second kappa shape index (κ2) is 10.9. The Hall–Kier alpha value is -4.19. The smallest absolute Gasteiger partial charge is 0.410 e. The SMILES string of the molecule is C[NH+](Cc1ccc2c(c1)OCO2)C(=O)CC1CN(C(=O)OC(C)(C)C)CCN1c1ccnc(-n2ccnc2)n1. The van der Waals surface area contributed by atoms with Gasteiger partial charge in [0.05, 0.1) is 19.5 Å². The molecule has 0 saturated carbocycles. The Bertz CT molecular complexity index is 1320. The van der Waals surface area contributed by atoms with E-state index >= 15 is 0 Å². The number of quaternary nitrogens is 1. The lowest BCUT2D eigenvalue weighted by Crippen LogP contribution is -3.10. The number of ether oxygens (including phenoxy) is 3. The molecule has 3 aromatic rings. The molecule has 2 aromatic heterocycles. The average molecular weight is 537 g/mol. The highest BCUT2D eigenvalue weighted by Crippen LogP contribution is 2.32. The van der Waals surface area contributed by atoms with Gasteiger partial charge in [-0.15, -0.1) is 0 Å². The predicted molar refractivity (Wildman–Crippen MR) is 141 cm³/mol. The first-order chi connectivity index (χ1) is 18.7. The fraction of sp³-hybridized carbons (Fsp3) is 0.444. The summed E-state index contributed by atoms with van der Waals surface area (Å²) in [4.78, 5) is 44.0. The van der Waals surface area contributed by atoms with Crippen molar-refractivity contribution in [1.82, 2.24) is 24.4 Å². The number of piperazine rings is 1. The number of imidazole rings is 1. The Labute approximate surface area is 227 Å². The highest BCUT2D eigenvalue weighted by molar-refractivity contribution is 5.71. The normalized spacial score (nSPS) is 17.7. The topological polar surface area (TPSA) is 116 Å². The first-order valence-electron chi connectivity index (χ1n) is 13.0. The first-order valence-corrected chi connectivity index (χ1v) is 13.0. The standard InChI is InChI=1S/C27H33N7O5/c1-27(2,3)39-26(36)32-11-12-34(23-7-8-29-25(30-23)33-10-9-28-17-33)20(16-32)14-24(35)31(4)15-19-5-6-21-22(13-19)38-18-37-21/h5-10,13,17,20H,11-12,14-16,18H2,1-4H3/p+1. The van der Waals surface area contributed by atoms with E-state index < -0.39 is 5.60 Å². The van der Waals surface area contributed by atoms with Gasteiger partial charge < -0.3 is 24.0 Å². The molecule has 2 aliphatic rings. The Morgan fingerprint density at radius 1 is 1.13 bits per heavy atom. The van der Waals surface area contributed by atoms with Crippen LogP contribution in [0.5, 0.6) is 11.5 Å². The molecule has 12 heteroatoms. The van der Waals surface area contributed by atoms with Crippen LogP contribution in [0.25, 0.3) is 5.95 Å². The Balaban J connectivity index is 1.34. The van der Waals surface area contributed by atoms with Gasteiger partial charge in [-0.25, -0.2) is 19.6 Å². The van der Waals surface area contributed by atoms with Crippen LogP contribution >= 0.6 is 0 Å². The molecule has 39 heavy (non-hydrogen) atoms. The molecule has 0 radical (unpaired) electrons. The molecule has 4 heterocycles. The summed E-state index contributed by atoms with van der Waals surface area (Å²) < 4.78 is 18.2. The summed E-state index contributed by atoms with van der Waals surface area (Å²) in [6.45, 7) is 7.51. The lowest BCUT2D eigenvalue weighted by atomic mass is 10.1. The number of benzene rings is 1. The molecule has 1 saturated heterocycles. The molecule has 2 atom stereocenters. The fourth-order valence-electron chi connectivity index (χ4n) is 4.67. The minimum absolute atomic E-state index is 0.0256. The van der Waals surface area contributed by atoms with E-state index in [1.807, 2.05) is 52.1 Å². The van der Waals surface area contributed by atoms with Crippen molar-refractivity contribution < 1.29 is 28.7 Å². The van der Waals surface area contributed by atoms with Gasteiger partial charge in [0.15, 0.2) is 11.5 Å². The number of anilines is 1. The van der Waals surface area contributed by atoms with E-state index in [2.05, 4.69) is 14.9 Å². The van der Waals surface area contributed by atoms with Crippen LogP contribution in [0.2, 0.25) is 0 Å². The van der Waals surface area contributed by atoms with Gasteiger partial charge in [-0.3, -0.25) is 9.47 Å². The first kappa shape index (κ1) is 26.4. The second-order valence-corrected chi connectivity index (χ2v) is 10.7. The van der Waals surface area contributed by atoms with E-state index in [0.717, 1.165) is 10.5 Å². The number of hydrogen-bond donors (Lipinski definition) is 1. The summed E-state index contributed by atoms with van der Waals surface area (Å²) in [7, 11) is 1.85. The van der Waals surface area contributed by atoms with E-state index in [1.54, 1.807) is 34.4 Å². The van der Waals surface area contributed by atoms with E-state index in [0.29, 0.717) is 49.4 Å². The molecule has 0 bridgehead atoms. The van der Waals surface area contributed by atoms with Crippen LogP contribution in [0.3, 0.4) is 0 Å². The number of nitrogens with zero attached hydrogens (tertiary/aromatic N) is 6. The lowest BCUT2D eigenvalue weighted by molar-refractivity contribution is -0.813. The van der Waals surface area contributed by atoms with Gasteiger partial charge >= 0.3 is 12.0 Å². The summed E-state index contributed by atoms with van der Waals surface area (Å²) in [6.07, 6.45) is 6.59. The van der Waals surface area contributed by atoms with Crippen molar-refractivity contribution in [2.45, 2.75) is 45.4 Å². The van der Waals surface area contributed by atoms with Crippen LogP contribution in [0.4, 0.5) is 10.6 Å². The summed E-state index contributed by atoms with van der Waals surface area (Å²) in [5.74, 6) is 2.59. The predicted octanol–water partition coefficient (Wildman–Crippen LogP) is 1.45. The highest BCUT2D eigenvalue weighted by atomic mass is 16.7. The van der Waals surface area contributed by atoms with Crippen LogP contribution in [-0.2, 0) is 16.1 Å². The van der Waals surface area contributed by atoms with Gasteiger partial charge in [-0.2, -0.15) is 4.98 Å². The van der Waals surface area contributed by atoms with Gasteiger partial charge in [-0.1, -0.05) is 0 Å². The Morgan fingerprint density at radius 3 is 2.72 bits per heavy atom. The number of rotatable bonds is 6. The van der Waals surface area contributed by atoms with Crippen molar-refractivity contribution in [3.63, 3.8) is 0 Å². The molecule has 206 valence electrons. The van der Waals surface area contributed by atoms with Crippen LogP contribution in [0, 0.1) is 0 Å². The average Bonchev–Trinajstić information content (AvgIpc) is 3.60. The zero-order valence-corrected chi connectivity index (χ0v) is 22.7. The number of amides is 2. The quantitative estimate of drug-likeness (QED) is 0.500. The zero-order chi connectivity index (χ0) is 27.6. The molecule has 2 aliphatic heterocycles. The molecule has 12 nitrogen and oxygen atoms in total. The van der Waals surface area contributed by atoms with Crippen molar-refractivity contribution in [2.75, 3.05) is 38.4 Å². The molecule has 2 unspecified atom stereocenters. The van der Waals surface area contributed by atoms with Crippen molar-refractivity contribution in [3.8, 4) is 17.4 Å². The fourth-order valence-corrected chi connectivity index (χ4v) is 4.67. The van der Waals surface area contributed by atoms with E-state index in [1.165, 1.54) is 0 Å². The van der Waals surface area contributed by atoms with Gasteiger partial charge in [0.2, 0.25) is 12.7 Å². The third-order valence-electron chi connectivity index (χ3n) is 6.60. The number of nitrogens with one attached hydrogen (secondary N) is 1. The van der Waals surface area contributed by atoms with Crippen molar-refractivity contribution in [2.24, 2.45) is 0 Å². The number of carbonyl (C=O) groups is 2. The summed E-state index contributed by atoms with van der Waals surface area (Å²) in [6, 6.07) is 7.25. The van der Waals surface area contributed by atoms with Crippen molar-refractivity contribution in [1.29, 1.82) is 0 Å². The molecular weight excluding hydrogens is 502 g/mol. The molecule has 5 rings (SSSR count). The molecule has 0 aliphatic carbocycles. The summed E-state index contributed by atoms with van der Waals surface area (Å²) >= 11 is 0. The van der Waals surface area contributed by atoms with Crippen LogP contribution < -0.4 is 19.3 Å². The Morgan fingerprint density at radius 2 is 1.95 bits per heavy atom. The molecule has 2 amide bonds. The van der Waals surface area contributed by atoms with E-state index in [4.69, 9.17) is 19.2 Å². The van der Waals surface area contributed by atoms with Gasteiger partial charge in [0.25, 0.3) is 0 Å². The van der Waals surface area contributed by atoms with Gasteiger partial charge in [0.1, 0.15) is 24.3 Å². The third kappa shape index (κ3) is 6.28. The van der Waals surface area contributed by atoms with E-state index in [-0.39, 0.29) is 31.3 Å². The minimum atomic E-state index is -0.610. The molecular formula is C27H34N7O5+. The van der Waals surface area contributed by atoms with Gasteiger partial charge in [-0.05, 0) is 45.0 Å². The third-order valence-corrected chi connectivity index (χ3v) is 6.60. The van der Waals surface area contributed by atoms with E-state index in [9.17, 15) is 9.59 Å². The molecule has 0 spiro atoms.